The standard InChI is InChI=1S/C20H22FN3O5/c1-29-20(28)24-16(10-13-4-8-15(22)9-5-13)18(25)23-17(19(26)27)11-12-2-6-14(21)7-3-12/h2-9,16-17H,10-11,22H2,1H3,(H,23,25)(H,24,28)(H,26,27)/t16-,17-/m0/s1. The van der Waals surface area contributed by atoms with Gasteiger partial charge in [-0.2, -0.15) is 0 Å². The van der Waals surface area contributed by atoms with Crippen molar-refractivity contribution < 1.29 is 28.6 Å². The fraction of sp³-hybridized carbons (Fsp3) is 0.250. The summed E-state index contributed by atoms with van der Waals surface area (Å²) in [6, 6.07) is 9.66. The van der Waals surface area contributed by atoms with Crippen LogP contribution in [0, 0.1) is 5.82 Å². The van der Waals surface area contributed by atoms with Gasteiger partial charge in [0.05, 0.1) is 7.11 Å². The number of benzene rings is 2. The first kappa shape index (κ1) is 21.7. The number of carbonyl (C=O) groups is 3. The van der Waals surface area contributed by atoms with E-state index in [4.69, 9.17) is 5.73 Å². The lowest BCUT2D eigenvalue weighted by Gasteiger charge is -2.21. The Labute approximate surface area is 166 Å². The number of hydrogen-bond acceptors (Lipinski definition) is 5. The lowest BCUT2D eigenvalue weighted by molar-refractivity contribution is -0.142. The quantitative estimate of drug-likeness (QED) is 0.494. The molecule has 9 heteroatoms. The van der Waals surface area contributed by atoms with Crippen LogP contribution < -0.4 is 16.4 Å². The van der Waals surface area contributed by atoms with Crippen LogP contribution in [0.25, 0.3) is 0 Å². The number of methoxy groups -OCH3 is 1. The van der Waals surface area contributed by atoms with Crippen LogP contribution in [0.4, 0.5) is 14.9 Å². The molecule has 2 aromatic rings. The van der Waals surface area contributed by atoms with Gasteiger partial charge in [-0.15, -0.1) is 0 Å². The summed E-state index contributed by atoms with van der Waals surface area (Å²) in [5.41, 5.74) is 7.43. The van der Waals surface area contributed by atoms with Crippen LogP contribution in [0.3, 0.4) is 0 Å². The Hall–Kier alpha value is -3.62. The molecule has 0 bridgehead atoms. The third-order valence-corrected chi connectivity index (χ3v) is 4.18. The van der Waals surface area contributed by atoms with E-state index in [1.165, 1.54) is 24.3 Å². The molecule has 2 rings (SSSR count). The van der Waals surface area contributed by atoms with Crippen molar-refractivity contribution >= 4 is 23.7 Å². The summed E-state index contributed by atoms with van der Waals surface area (Å²) >= 11 is 0. The molecule has 0 saturated carbocycles. The number of ether oxygens (including phenoxy) is 1. The number of amides is 2. The molecule has 2 amide bonds. The number of nitrogen functional groups attached to an aromatic ring is 1. The number of halogens is 1. The molecule has 0 saturated heterocycles. The smallest absolute Gasteiger partial charge is 0.407 e. The number of carboxylic acids is 1. The molecule has 5 N–H and O–H groups in total. The molecule has 2 atom stereocenters. The lowest BCUT2D eigenvalue weighted by atomic mass is 10.0. The number of nitrogens with two attached hydrogens (primary N) is 1. The normalized spacial score (nSPS) is 12.5. The Balaban J connectivity index is 2.13. The summed E-state index contributed by atoms with van der Waals surface area (Å²) < 4.78 is 17.6. The SMILES string of the molecule is COC(=O)N[C@@H](Cc1ccc(N)cc1)C(=O)N[C@@H](Cc1ccc(F)cc1)C(=O)O. The van der Waals surface area contributed by atoms with Crippen molar-refractivity contribution in [1.29, 1.82) is 0 Å². The van der Waals surface area contributed by atoms with E-state index in [0.29, 0.717) is 16.8 Å². The van der Waals surface area contributed by atoms with E-state index in [-0.39, 0.29) is 12.8 Å². The summed E-state index contributed by atoms with van der Waals surface area (Å²) in [5.74, 6) is -2.40. The Morgan fingerprint density at radius 3 is 2.00 bits per heavy atom. The number of nitrogens with one attached hydrogen (secondary N) is 2. The number of rotatable bonds is 8. The first-order valence-corrected chi connectivity index (χ1v) is 8.75. The molecule has 0 aliphatic rings. The van der Waals surface area contributed by atoms with Crippen molar-refractivity contribution in [2.75, 3.05) is 12.8 Å². The second kappa shape index (κ2) is 10.1. The fourth-order valence-electron chi connectivity index (χ4n) is 2.63. The fourth-order valence-corrected chi connectivity index (χ4v) is 2.63. The maximum atomic E-state index is 13.0. The first-order valence-electron chi connectivity index (χ1n) is 8.75. The average Bonchev–Trinajstić information content (AvgIpc) is 2.69. The number of aliphatic carboxylic acids is 1. The summed E-state index contributed by atoms with van der Waals surface area (Å²) in [5, 5.41) is 14.3. The second-order valence-corrected chi connectivity index (χ2v) is 6.36. The molecule has 154 valence electrons. The van der Waals surface area contributed by atoms with Gasteiger partial charge in [0.2, 0.25) is 5.91 Å². The Morgan fingerprint density at radius 1 is 0.966 bits per heavy atom. The van der Waals surface area contributed by atoms with Gasteiger partial charge in [-0.25, -0.2) is 14.0 Å². The van der Waals surface area contributed by atoms with Gasteiger partial charge in [-0.05, 0) is 35.4 Å². The molecule has 2 aromatic carbocycles. The highest BCUT2D eigenvalue weighted by Gasteiger charge is 2.27. The summed E-state index contributed by atoms with van der Waals surface area (Å²) in [6.45, 7) is 0. The van der Waals surface area contributed by atoms with Crippen LogP contribution in [-0.4, -0.2) is 42.3 Å². The van der Waals surface area contributed by atoms with Gasteiger partial charge in [-0.1, -0.05) is 24.3 Å². The Morgan fingerprint density at radius 2 is 1.48 bits per heavy atom. The number of alkyl carbamates (subject to hydrolysis) is 1. The van der Waals surface area contributed by atoms with Crippen molar-refractivity contribution in [3.05, 3.63) is 65.5 Å². The molecule has 0 aliphatic carbocycles. The van der Waals surface area contributed by atoms with Crippen LogP contribution in [0.15, 0.2) is 48.5 Å². The van der Waals surface area contributed by atoms with E-state index < -0.39 is 35.9 Å². The third-order valence-electron chi connectivity index (χ3n) is 4.18. The van der Waals surface area contributed by atoms with Crippen LogP contribution >= 0.6 is 0 Å². The minimum atomic E-state index is -1.26. The van der Waals surface area contributed by atoms with E-state index in [2.05, 4.69) is 15.4 Å². The minimum Gasteiger partial charge on any atom is -0.480 e. The number of carboxylic acid groups (broad SMARTS) is 1. The number of hydrogen-bond donors (Lipinski definition) is 4. The Bertz CT molecular complexity index is 855. The zero-order valence-corrected chi connectivity index (χ0v) is 15.7. The molecule has 0 spiro atoms. The number of carbonyl (C=O) groups excluding carboxylic acids is 2. The van der Waals surface area contributed by atoms with E-state index >= 15 is 0 Å². The van der Waals surface area contributed by atoms with Crippen LogP contribution in [0.5, 0.6) is 0 Å². The third kappa shape index (κ3) is 6.80. The lowest BCUT2D eigenvalue weighted by Crippen LogP contribution is -2.53. The molecule has 0 radical (unpaired) electrons. The molecular weight excluding hydrogens is 381 g/mol. The highest BCUT2D eigenvalue weighted by Crippen LogP contribution is 2.10. The van der Waals surface area contributed by atoms with Crippen molar-refractivity contribution in [2.45, 2.75) is 24.9 Å². The molecule has 29 heavy (non-hydrogen) atoms. The maximum Gasteiger partial charge on any atom is 0.407 e. The van der Waals surface area contributed by atoms with Crippen molar-refractivity contribution in [3.8, 4) is 0 Å². The van der Waals surface area contributed by atoms with Gasteiger partial charge >= 0.3 is 12.1 Å². The first-order chi connectivity index (χ1) is 13.8. The molecule has 0 heterocycles. The van der Waals surface area contributed by atoms with Gasteiger partial charge < -0.3 is 26.2 Å². The van der Waals surface area contributed by atoms with Crippen molar-refractivity contribution in [1.82, 2.24) is 10.6 Å². The molecular formula is C20H22FN3O5. The Kier molecular flexibility index (Phi) is 7.53. The highest BCUT2D eigenvalue weighted by atomic mass is 19.1. The molecule has 0 aliphatic heterocycles. The minimum absolute atomic E-state index is 0.0475. The highest BCUT2D eigenvalue weighted by molar-refractivity contribution is 5.89. The van der Waals surface area contributed by atoms with Crippen LogP contribution in [0.2, 0.25) is 0 Å². The molecule has 0 fully saturated rings. The molecule has 8 nitrogen and oxygen atoms in total. The van der Waals surface area contributed by atoms with Crippen LogP contribution in [0.1, 0.15) is 11.1 Å². The van der Waals surface area contributed by atoms with Gasteiger partial charge in [0.1, 0.15) is 17.9 Å². The zero-order chi connectivity index (χ0) is 21.4. The van der Waals surface area contributed by atoms with Crippen LogP contribution in [-0.2, 0) is 27.2 Å². The molecule has 0 unspecified atom stereocenters. The van der Waals surface area contributed by atoms with E-state index in [0.717, 1.165) is 7.11 Å². The van der Waals surface area contributed by atoms with E-state index in [1.54, 1.807) is 24.3 Å². The zero-order valence-electron chi connectivity index (χ0n) is 15.7. The predicted octanol–water partition coefficient (Wildman–Crippen LogP) is 1.49. The topological polar surface area (TPSA) is 131 Å². The largest absolute Gasteiger partial charge is 0.480 e. The summed E-state index contributed by atoms with van der Waals surface area (Å²) in [6.07, 6.45) is -0.774. The summed E-state index contributed by atoms with van der Waals surface area (Å²) in [7, 11) is 1.15. The average molecular weight is 403 g/mol. The van der Waals surface area contributed by atoms with Gasteiger partial charge in [0.25, 0.3) is 0 Å². The van der Waals surface area contributed by atoms with Gasteiger partial charge in [0, 0.05) is 18.5 Å². The van der Waals surface area contributed by atoms with Crippen molar-refractivity contribution in [2.24, 2.45) is 0 Å². The van der Waals surface area contributed by atoms with E-state index in [1.807, 2.05) is 0 Å². The summed E-state index contributed by atoms with van der Waals surface area (Å²) in [4.78, 5) is 35.9. The van der Waals surface area contributed by atoms with Gasteiger partial charge in [-0.3, -0.25) is 4.79 Å². The van der Waals surface area contributed by atoms with E-state index in [9.17, 15) is 23.9 Å². The number of anilines is 1. The van der Waals surface area contributed by atoms with Crippen molar-refractivity contribution in [3.63, 3.8) is 0 Å². The second-order valence-electron chi connectivity index (χ2n) is 6.36. The molecule has 0 aromatic heterocycles. The predicted molar refractivity (Wildman–Crippen MR) is 104 cm³/mol. The van der Waals surface area contributed by atoms with Gasteiger partial charge in [0.15, 0.2) is 0 Å². The monoisotopic (exact) mass is 403 g/mol. The maximum absolute atomic E-state index is 13.0.